The molecular weight excluding hydrogens is 262 g/mol. The third-order valence-corrected chi connectivity index (χ3v) is 3.94. The van der Waals surface area contributed by atoms with Crippen LogP contribution < -0.4 is 5.73 Å². The highest BCUT2D eigenvalue weighted by molar-refractivity contribution is 6.33. The Morgan fingerprint density at radius 1 is 1.21 bits per heavy atom. The van der Waals surface area contributed by atoms with Crippen LogP contribution >= 0.6 is 11.6 Å². The lowest BCUT2D eigenvalue weighted by atomic mass is 9.89. The minimum absolute atomic E-state index is 0.405. The molecule has 1 fully saturated rings. The number of hydrogen-bond acceptors (Lipinski definition) is 4. The number of halogens is 1. The molecule has 0 unspecified atom stereocenters. The van der Waals surface area contributed by atoms with E-state index in [-0.39, 0.29) is 0 Å². The lowest BCUT2D eigenvalue weighted by molar-refractivity contribution is 0.314. The van der Waals surface area contributed by atoms with Crippen LogP contribution in [0.1, 0.15) is 43.9 Å². The van der Waals surface area contributed by atoms with Crippen molar-refractivity contribution in [2.45, 2.75) is 38.0 Å². The van der Waals surface area contributed by atoms with E-state index in [2.05, 4.69) is 10.1 Å². The summed E-state index contributed by atoms with van der Waals surface area (Å²) in [7, 11) is 0. The molecule has 1 aromatic carbocycles. The zero-order valence-electron chi connectivity index (χ0n) is 10.6. The van der Waals surface area contributed by atoms with E-state index >= 15 is 0 Å². The Bertz CT molecular complexity index is 576. The maximum absolute atomic E-state index is 6.16. The third kappa shape index (κ3) is 2.59. The summed E-state index contributed by atoms with van der Waals surface area (Å²) in [6.45, 7) is 0. The predicted molar refractivity (Wildman–Crippen MR) is 75.0 cm³/mol. The Labute approximate surface area is 117 Å². The standard InChI is InChI=1S/C14H16ClN3O/c15-12-8-10(16)6-7-11(12)13-17-14(19-18-13)9-4-2-1-3-5-9/h6-9H,1-5,16H2. The molecule has 3 rings (SSSR count). The summed E-state index contributed by atoms with van der Waals surface area (Å²) in [6, 6.07) is 5.32. The van der Waals surface area contributed by atoms with E-state index in [1.165, 1.54) is 19.3 Å². The molecule has 19 heavy (non-hydrogen) atoms. The average molecular weight is 278 g/mol. The van der Waals surface area contributed by atoms with E-state index in [0.29, 0.717) is 22.5 Å². The quantitative estimate of drug-likeness (QED) is 0.842. The SMILES string of the molecule is Nc1ccc(-c2noc(C3CCCCC3)n2)c(Cl)c1. The van der Waals surface area contributed by atoms with E-state index in [4.69, 9.17) is 21.9 Å². The van der Waals surface area contributed by atoms with Crippen LogP contribution in [0.5, 0.6) is 0 Å². The minimum Gasteiger partial charge on any atom is -0.399 e. The normalized spacial score (nSPS) is 16.7. The second-order valence-corrected chi connectivity index (χ2v) is 5.44. The largest absolute Gasteiger partial charge is 0.399 e. The van der Waals surface area contributed by atoms with Gasteiger partial charge in [0.05, 0.1) is 5.02 Å². The molecule has 0 bridgehead atoms. The van der Waals surface area contributed by atoms with Crippen LogP contribution in [0.15, 0.2) is 22.7 Å². The van der Waals surface area contributed by atoms with Crippen molar-refractivity contribution in [2.24, 2.45) is 0 Å². The summed E-state index contributed by atoms with van der Waals surface area (Å²) in [5.74, 6) is 1.69. The van der Waals surface area contributed by atoms with Gasteiger partial charge in [0.15, 0.2) is 0 Å². The van der Waals surface area contributed by atoms with Crippen molar-refractivity contribution in [3.63, 3.8) is 0 Å². The number of nitrogen functional groups attached to an aromatic ring is 1. The fourth-order valence-corrected chi connectivity index (χ4v) is 2.85. The summed E-state index contributed by atoms with van der Waals surface area (Å²) < 4.78 is 5.39. The molecular formula is C14H16ClN3O. The van der Waals surface area contributed by atoms with Crippen LogP contribution in [-0.2, 0) is 0 Å². The van der Waals surface area contributed by atoms with Gasteiger partial charge in [-0.1, -0.05) is 36.0 Å². The van der Waals surface area contributed by atoms with Crippen LogP contribution in [0.2, 0.25) is 5.02 Å². The summed E-state index contributed by atoms with van der Waals surface area (Å²) in [6.07, 6.45) is 6.06. The zero-order valence-corrected chi connectivity index (χ0v) is 11.4. The highest BCUT2D eigenvalue weighted by Gasteiger charge is 2.22. The van der Waals surface area contributed by atoms with Gasteiger partial charge in [-0.25, -0.2) is 0 Å². The van der Waals surface area contributed by atoms with Gasteiger partial charge in [0.1, 0.15) is 0 Å². The Morgan fingerprint density at radius 3 is 2.74 bits per heavy atom. The first-order chi connectivity index (χ1) is 9.24. The summed E-state index contributed by atoms with van der Waals surface area (Å²) in [4.78, 5) is 4.49. The van der Waals surface area contributed by atoms with Crippen LogP contribution in [0.4, 0.5) is 5.69 Å². The Morgan fingerprint density at radius 2 is 2.00 bits per heavy atom. The second kappa shape index (κ2) is 5.21. The molecule has 1 aromatic heterocycles. The first kappa shape index (κ1) is 12.5. The molecule has 1 aliphatic rings. The van der Waals surface area contributed by atoms with Gasteiger partial charge in [-0.15, -0.1) is 0 Å². The molecule has 0 saturated heterocycles. The Kier molecular flexibility index (Phi) is 3.42. The number of benzene rings is 1. The van der Waals surface area contributed by atoms with Crippen molar-refractivity contribution >= 4 is 17.3 Å². The maximum Gasteiger partial charge on any atom is 0.230 e. The fraction of sp³-hybridized carbons (Fsp3) is 0.429. The van der Waals surface area contributed by atoms with Gasteiger partial charge in [0.25, 0.3) is 0 Å². The number of aromatic nitrogens is 2. The summed E-state index contributed by atoms with van der Waals surface area (Å²) in [5.41, 5.74) is 7.07. The third-order valence-electron chi connectivity index (χ3n) is 3.63. The lowest BCUT2D eigenvalue weighted by Gasteiger charge is -2.17. The van der Waals surface area contributed by atoms with Crippen molar-refractivity contribution in [1.29, 1.82) is 0 Å². The molecule has 4 nitrogen and oxygen atoms in total. The maximum atomic E-state index is 6.16. The monoisotopic (exact) mass is 277 g/mol. The summed E-state index contributed by atoms with van der Waals surface area (Å²) in [5, 5.41) is 4.59. The number of hydrogen-bond donors (Lipinski definition) is 1. The summed E-state index contributed by atoms with van der Waals surface area (Å²) >= 11 is 6.16. The van der Waals surface area contributed by atoms with Crippen LogP contribution in [0, 0.1) is 0 Å². The van der Waals surface area contributed by atoms with E-state index in [1.807, 2.05) is 6.07 Å². The first-order valence-electron chi connectivity index (χ1n) is 6.63. The topological polar surface area (TPSA) is 64.9 Å². The molecule has 0 aliphatic heterocycles. The molecule has 100 valence electrons. The number of rotatable bonds is 2. The molecule has 5 heteroatoms. The van der Waals surface area contributed by atoms with E-state index in [9.17, 15) is 0 Å². The fourth-order valence-electron chi connectivity index (χ4n) is 2.57. The van der Waals surface area contributed by atoms with Gasteiger partial charge >= 0.3 is 0 Å². The Hall–Kier alpha value is -1.55. The molecule has 0 spiro atoms. The minimum atomic E-state index is 0.405. The number of nitrogens with two attached hydrogens (primary N) is 1. The van der Waals surface area contributed by atoms with Crippen LogP contribution in [0.3, 0.4) is 0 Å². The highest BCUT2D eigenvalue weighted by Crippen LogP contribution is 2.34. The zero-order chi connectivity index (χ0) is 13.2. The molecule has 0 radical (unpaired) electrons. The lowest BCUT2D eigenvalue weighted by Crippen LogP contribution is -2.04. The molecule has 2 aromatic rings. The average Bonchev–Trinajstić information content (AvgIpc) is 2.89. The number of anilines is 1. The molecule has 2 N–H and O–H groups in total. The highest BCUT2D eigenvalue weighted by atomic mass is 35.5. The molecule has 0 atom stereocenters. The van der Waals surface area contributed by atoms with Crippen molar-refractivity contribution < 1.29 is 4.52 Å². The van der Waals surface area contributed by atoms with Gasteiger partial charge in [-0.05, 0) is 31.0 Å². The van der Waals surface area contributed by atoms with Crippen molar-refractivity contribution in [1.82, 2.24) is 10.1 Å². The molecule has 1 aliphatic carbocycles. The second-order valence-electron chi connectivity index (χ2n) is 5.03. The van der Waals surface area contributed by atoms with Crippen LogP contribution in [-0.4, -0.2) is 10.1 Å². The molecule has 1 heterocycles. The van der Waals surface area contributed by atoms with Gasteiger partial charge in [0.2, 0.25) is 11.7 Å². The van der Waals surface area contributed by atoms with Gasteiger partial charge in [-0.2, -0.15) is 4.98 Å². The Balaban J connectivity index is 1.87. The van der Waals surface area contributed by atoms with Crippen molar-refractivity contribution in [3.8, 4) is 11.4 Å². The van der Waals surface area contributed by atoms with Gasteiger partial charge < -0.3 is 10.3 Å². The van der Waals surface area contributed by atoms with Crippen LogP contribution in [0.25, 0.3) is 11.4 Å². The van der Waals surface area contributed by atoms with Crippen molar-refractivity contribution in [2.75, 3.05) is 5.73 Å². The van der Waals surface area contributed by atoms with Crippen molar-refractivity contribution in [3.05, 3.63) is 29.1 Å². The molecule has 1 saturated carbocycles. The predicted octanol–water partition coefficient (Wildman–Crippen LogP) is 4.02. The number of nitrogens with zero attached hydrogens (tertiary/aromatic N) is 2. The molecule has 0 amide bonds. The smallest absolute Gasteiger partial charge is 0.230 e. The first-order valence-corrected chi connectivity index (χ1v) is 7.01. The van der Waals surface area contributed by atoms with E-state index in [0.717, 1.165) is 24.3 Å². The van der Waals surface area contributed by atoms with Gasteiger partial charge in [-0.3, -0.25) is 0 Å². The van der Waals surface area contributed by atoms with Gasteiger partial charge in [0, 0.05) is 17.2 Å². The van der Waals surface area contributed by atoms with E-state index in [1.54, 1.807) is 12.1 Å². The van der Waals surface area contributed by atoms with E-state index < -0.39 is 0 Å².